The zero-order valence-corrected chi connectivity index (χ0v) is 16.3. The lowest BCUT2D eigenvalue weighted by Gasteiger charge is -2.11. The zero-order chi connectivity index (χ0) is 19.8. The Morgan fingerprint density at radius 3 is 2.83 bits per heavy atom. The number of aromatic nitrogens is 3. The van der Waals surface area contributed by atoms with Crippen molar-refractivity contribution in [3.05, 3.63) is 65.2 Å². The fourth-order valence-corrected chi connectivity index (χ4v) is 4.42. The molecule has 0 spiro atoms. The van der Waals surface area contributed by atoms with Crippen LogP contribution in [0.2, 0.25) is 0 Å². The Kier molecular flexibility index (Phi) is 4.33. The van der Waals surface area contributed by atoms with Crippen molar-refractivity contribution < 1.29 is 4.79 Å². The molecule has 2 aromatic heterocycles. The molecule has 0 atom stereocenters. The van der Waals surface area contributed by atoms with Gasteiger partial charge < -0.3 is 16.4 Å². The number of hydrogen-bond donors (Lipinski definition) is 3. The first-order valence-electron chi connectivity index (χ1n) is 9.32. The molecule has 4 N–H and O–H groups in total. The molecule has 7 nitrogen and oxygen atoms in total. The van der Waals surface area contributed by atoms with Crippen molar-refractivity contribution in [2.45, 2.75) is 13.0 Å². The minimum atomic E-state index is -0.465. The van der Waals surface area contributed by atoms with Crippen LogP contribution < -0.4 is 16.4 Å². The van der Waals surface area contributed by atoms with Crippen molar-refractivity contribution in [2.24, 2.45) is 5.73 Å². The highest BCUT2D eigenvalue weighted by molar-refractivity contribution is 7.14. The van der Waals surface area contributed by atoms with Gasteiger partial charge in [0.15, 0.2) is 5.82 Å². The minimum absolute atomic E-state index is 0.465. The van der Waals surface area contributed by atoms with Crippen molar-refractivity contribution >= 4 is 39.2 Å². The molecule has 1 amide bonds. The van der Waals surface area contributed by atoms with Crippen LogP contribution in [-0.2, 0) is 13.0 Å². The number of nitrogens with one attached hydrogen (secondary N) is 2. The van der Waals surface area contributed by atoms with Crippen LogP contribution >= 0.6 is 11.5 Å². The number of amides is 1. The molecule has 0 radical (unpaired) electrons. The van der Waals surface area contributed by atoms with Crippen LogP contribution in [-0.4, -0.2) is 26.8 Å². The Bertz CT molecular complexity index is 1220. The average molecular weight is 402 g/mol. The number of carbonyl (C=O) groups is 1. The molecule has 3 heterocycles. The zero-order valence-electron chi connectivity index (χ0n) is 15.5. The van der Waals surface area contributed by atoms with E-state index in [-0.39, 0.29) is 0 Å². The van der Waals surface area contributed by atoms with E-state index in [1.807, 2.05) is 24.3 Å². The predicted octanol–water partition coefficient (Wildman–Crippen LogP) is 3.43. The first kappa shape index (κ1) is 17.6. The van der Waals surface area contributed by atoms with Crippen LogP contribution in [0.1, 0.15) is 21.5 Å². The third-order valence-electron chi connectivity index (χ3n) is 4.95. The quantitative estimate of drug-likeness (QED) is 0.472. The van der Waals surface area contributed by atoms with E-state index in [0.29, 0.717) is 23.6 Å². The predicted molar refractivity (Wildman–Crippen MR) is 115 cm³/mol. The molecule has 5 rings (SSSR count). The number of nitrogens with two attached hydrogens (primary N) is 1. The molecule has 0 bridgehead atoms. The molecule has 29 heavy (non-hydrogen) atoms. The van der Waals surface area contributed by atoms with Crippen LogP contribution in [0.4, 0.5) is 11.6 Å². The lowest BCUT2D eigenvalue weighted by Crippen LogP contribution is -2.10. The minimum Gasteiger partial charge on any atom is -0.369 e. The van der Waals surface area contributed by atoms with Crippen LogP contribution in [0.15, 0.2) is 48.5 Å². The molecule has 0 unspecified atom stereocenters. The molecule has 0 saturated heterocycles. The standard InChI is InChI=1S/C21H18N6OS/c22-18(28)14-8-4-7-13-16(27-29-17(13)14)21-25-19-15(9-10-23-19)20(26-21)24-11-12-5-2-1-3-6-12/h1-8H,9-11H2,(H2,22,28)(H2,23,24,25,26). The van der Waals surface area contributed by atoms with E-state index in [1.165, 1.54) is 17.1 Å². The molecule has 0 aliphatic carbocycles. The lowest BCUT2D eigenvalue weighted by atomic mass is 10.1. The van der Waals surface area contributed by atoms with Gasteiger partial charge in [-0.05, 0) is 29.6 Å². The molecule has 1 aliphatic rings. The molecule has 2 aromatic carbocycles. The lowest BCUT2D eigenvalue weighted by molar-refractivity contribution is 0.100. The average Bonchev–Trinajstić information content (AvgIpc) is 3.39. The van der Waals surface area contributed by atoms with Crippen molar-refractivity contribution in [1.29, 1.82) is 0 Å². The Morgan fingerprint density at radius 1 is 1.14 bits per heavy atom. The highest BCUT2D eigenvalue weighted by atomic mass is 32.1. The van der Waals surface area contributed by atoms with Crippen LogP contribution in [0, 0.1) is 0 Å². The van der Waals surface area contributed by atoms with E-state index in [0.717, 1.165) is 40.3 Å². The molecule has 1 aliphatic heterocycles. The van der Waals surface area contributed by atoms with Crippen molar-refractivity contribution in [3.63, 3.8) is 0 Å². The van der Waals surface area contributed by atoms with Gasteiger partial charge in [0.1, 0.15) is 17.3 Å². The van der Waals surface area contributed by atoms with E-state index in [1.54, 1.807) is 12.1 Å². The summed E-state index contributed by atoms with van der Waals surface area (Å²) in [7, 11) is 0. The number of carbonyl (C=O) groups excluding carboxylic acids is 1. The summed E-state index contributed by atoms with van der Waals surface area (Å²) >= 11 is 1.24. The second-order valence-corrected chi connectivity index (χ2v) is 7.59. The molecular formula is C21H18N6OS. The van der Waals surface area contributed by atoms with E-state index in [2.05, 4.69) is 27.1 Å². The highest BCUT2D eigenvalue weighted by Crippen LogP contribution is 2.35. The largest absolute Gasteiger partial charge is 0.369 e. The maximum atomic E-state index is 11.7. The maximum absolute atomic E-state index is 11.7. The number of primary amides is 1. The summed E-state index contributed by atoms with van der Waals surface area (Å²) in [6.45, 7) is 1.50. The fraction of sp³-hybridized carbons (Fsp3) is 0.143. The summed E-state index contributed by atoms with van der Waals surface area (Å²) in [6.07, 6.45) is 0.871. The monoisotopic (exact) mass is 402 g/mol. The summed E-state index contributed by atoms with van der Waals surface area (Å²) in [5.74, 6) is 1.71. The third-order valence-corrected chi connectivity index (χ3v) is 5.85. The van der Waals surface area contributed by atoms with Gasteiger partial charge in [0, 0.05) is 24.0 Å². The Morgan fingerprint density at radius 2 is 2.00 bits per heavy atom. The SMILES string of the molecule is NC(=O)c1cccc2c(-c3nc4c(c(NCc5ccccc5)n3)CCN4)nsc12. The van der Waals surface area contributed by atoms with Gasteiger partial charge >= 0.3 is 0 Å². The highest BCUT2D eigenvalue weighted by Gasteiger charge is 2.22. The van der Waals surface area contributed by atoms with Gasteiger partial charge in [-0.3, -0.25) is 4.79 Å². The van der Waals surface area contributed by atoms with E-state index in [9.17, 15) is 4.79 Å². The normalized spacial score (nSPS) is 12.6. The molecule has 144 valence electrons. The summed E-state index contributed by atoms with van der Waals surface area (Å²) in [6, 6.07) is 15.6. The summed E-state index contributed by atoms with van der Waals surface area (Å²) in [4.78, 5) is 21.2. The van der Waals surface area contributed by atoms with E-state index < -0.39 is 5.91 Å². The van der Waals surface area contributed by atoms with Crippen LogP contribution in [0.3, 0.4) is 0 Å². The molecule has 0 fully saturated rings. The van der Waals surface area contributed by atoms with Gasteiger partial charge in [0.2, 0.25) is 5.91 Å². The van der Waals surface area contributed by atoms with Gasteiger partial charge in [-0.1, -0.05) is 42.5 Å². The number of benzene rings is 2. The van der Waals surface area contributed by atoms with Crippen LogP contribution in [0.25, 0.3) is 21.6 Å². The summed E-state index contributed by atoms with van der Waals surface area (Å²) < 4.78 is 5.30. The summed E-state index contributed by atoms with van der Waals surface area (Å²) in [5, 5.41) is 7.61. The van der Waals surface area contributed by atoms with Crippen LogP contribution in [0.5, 0.6) is 0 Å². The molecule has 0 saturated carbocycles. The Balaban J connectivity index is 1.57. The van der Waals surface area contributed by atoms with Crippen molar-refractivity contribution in [3.8, 4) is 11.5 Å². The number of nitrogens with zero attached hydrogens (tertiary/aromatic N) is 3. The number of fused-ring (bicyclic) bond motifs is 2. The van der Waals surface area contributed by atoms with Gasteiger partial charge in [-0.2, -0.15) is 4.37 Å². The van der Waals surface area contributed by atoms with Gasteiger partial charge in [0.05, 0.1) is 10.3 Å². The van der Waals surface area contributed by atoms with Crippen molar-refractivity contribution in [2.75, 3.05) is 17.2 Å². The maximum Gasteiger partial charge on any atom is 0.250 e. The first-order chi connectivity index (χ1) is 14.2. The topological polar surface area (TPSA) is 106 Å². The fourth-order valence-electron chi connectivity index (χ4n) is 3.52. The number of rotatable bonds is 5. The second kappa shape index (κ2) is 7.14. The van der Waals surface area contributed by atoms with Crippen molar-refractivity contribution in [1.82, 2.24) is 14.3 Å². The molecule has 4 aromatic rings. The third kappa shape index (κ3) is 3.17. The van der Waals surface area contributed by atoms with E-state index >= 15 is 0 Å². The Labute approximate surface area is 171 Å². The Hall–Kier alpha value is -3.52. The smallest absolute Gasteiger partial charge is 0.250 e. The van der Waals surface area contributed by atoms with Gasteiger partial charge in [0.25, 0.3) is 0 Å². The molecular weight excluding hydrogens is 384 g/mol. The summed E-state index contributed by atoms with van der Waals surface area (Å²) in [5.41, 5.74) is 8.90. The molecule has 8 heteroatoms. The first-order valence-corrected chi connectivity index (χ1v) is 10.1. The van der Waals surface area contributed by atoms with E-state index in [4.69, 9.17) is 15.7 Å². The number of anilines is 2. The van der Waals surface area contributed by atoms with Gasteiger partial charge in [-0.15, -0.1) is 0 Å². The van der Waals surface area contributed by atoms with Gasteiger partial charge in [-0.25, -0.2) is 9.97 Å². The second-order valence-electron chi connectivity index (χ2n) is 6.82. The number of hydrogen-bond acceptors (Lipinski definition) is 7.